The van der Waals surface area contributed by atoms with Crippen LogP contribution in [0.25, 0.3) is 0 Å². The molecule has 0 fully saturated rings. The van der Waals surface area contributed by atoms with Gasteiger partial charge in [0.05, 0.1) is 0 Å². The number of carbonyl (C=O) groups excluding carboxylic acids is 2. The Bertz CT molecular complexity index is 1060. The van der Waals surface area contributed by atoms with Gasteiger partial charge in [-0.15, -0.1) is 0 Å². The summed E-state index contributed by atoms with van der Waals surface area (Å²) in [7, 11) is 0. The van der Waals surface area contributed by atoms with E-state index in [1.807, 2.05) is 57.2 Å². The summed E-state index contributed by atoms with van der Waals surface area (Å²) >= 11 is 0. The highest BCUT2D eigenvalue weighted by Crippen LogP contribution is 2.21. The molecule has 0 saturated heterocycles. The van der Waals surface area contributed by atoms with Crippen molar-refractivity contribution in [3.63, 3.8) is 0 Å². The van der Waals surface area contributed by atoms with Crippen molar-refractivity contribution >= 4 is 23.2 Å². The molecule has 5 nitrogen and oxygen atoms in total. The van der Waals surface area contributed by atoms with Crippen molar-refractivity contribution in [2.75, 3.05) is 10.6 Å². The summed E-state index contributed by atoms with van der Waals surface area (Å²) in [5, 5.41) is 5.70. The molecular weight excluding hydrogens is 376 g/mol. The van der Waals surface area contributed by atoms with Crippen LogP contribution in [0.3, 0.4) is 0 Å². The number of ether oxygens (including phenoxy) is 1. The Labute approximate surface area is 177 Å². The van der Waals surface area contributed by atoms with Gasteiger partial charge in [0, 0.05) is 16.9 Å². The van der Waals surface area contributed by atoms with E-state index in [2.05, 4.69) is 10.6 Å². The molecule has 30 heavy (non-hydrogen) atoms. The molecule has 1 unspecified atom stereocenters. The van der Waals surface area contributed by atoms with Gasteiger partial charge in [0.25, 0.3) is 11.8 Å². The van der Waals surface area contributed by atoms with Gasteiger partial charge < -0.3 is 15.4 Å². The Hall–Kier alpha value is -3.60. The molecule has 0 aliphatic carbocycles. The molecule has 3 aromatic rings. The first-order valence-corrected chi connectivity index (χ1v) is 9.84. The van der Waals surface area contributed by atoms with Gasteiger partial charge in [-0.1, -0.05) is 29.8 Å². The molecular formula is C25H26N2O3. The normalized spacial score (nSPS) is 11.5. The maximum Gasteiger partial charge on any atom is 0.265 e. The van der Waals surface area contributed by atoms with E-state index in [1.165, 1.54) is 0 Å². The topological polar surface area (TPSA) is 67.4 Å². The average Bonchev–Trinajstić information content (AvgIpc) is 2.72. The first kappa shape index (κ1) is 21.1. The summed E-state index contributed by atoms with van der Waals surface area (Å²) in [5.41, 5.74) is 4.97. The van der Waals surface area contributed by atoms with Crippen LogP contribution in [0.4, 0.5) is 11.4 Å². The van der Waals surface area contributed by atoms with Crippen molar-refractivity contribution in [3.8, 4) is 5.75 Å². The summed E-state index contributed by atoms with van der Waals surface area (Å²) in [6.07, 6.45) is -0.647. The number of benzene rings is 3. The highest BCUT2D eigenvalue weighted by molar-refractivity contribution is 6.04. The number of hydrogen-bond donors (Lipinski definition) is 2. The van der Waals surface area contributed by atoms with E-state index < -0.39 is 6.10 Å². The second-order valence-corrected chi connectivity index (χ2v) is 7.42. The van der Waals surface area contributed by atoms with E-state index >= 15 is 0 Å². The summed E-state index contributed by atoms with van der Waals surface area (Å²) < 4.78 is 5.83. The van der Waals surface area contributed by atoms with Gasteiger partial charge >= 0.3 is 0 Å². The monoisotopic (exact) mass is 402 g/mol. The molecule has 0 heterocycles. The fraction of sp³-hybridized carbons (Fsp3) is 0.200. The first-order valence-electron chi connectivity index (χ1n) is 9.84. The van der Waals surface area contributed by atoms with Gasteiger partial charge in [-0.3, -0.25) is 9.59 Å². The zero-order valence-corrected chi connectivity index (χ0v) is 17.7. The molecule has 0 radical (unpaired) electrons. The third-order valence-electron chi connectivity index (χ3n) is 4.71. The number of aryl methyl sites for hydroxylation is 3. The van der Waals surface area contributed by atoms with E-state index in [0.29, 0.717) is 22.7 Å². The molecule has 3 aromatic carbocycles. The maximum atomic E-state index is 12.5. The van der Waals surface area contributed by atoms with Crippen molar-refractivity contribution < 1.29 is 14.3 Å². The van der Waals surface area contributed by atoms with E-state index in [0.717, 1.165) is 16.7 Å². The van der Waals surface area contributed by atoms with Crippen LogP contribution < -0.4 is 15.4 Å². The SMILES string of the molecule is Cc1cccc(C(=O)Nc2ccc(NC(=O)C(C)Oc3cc(C)ccc3C)cc2)c1. The predicted octanol–water partition coefficient (Wildman–Crippen LogP) is 5.27. The van der Waals surface area contributed by atoms with Gasteiger partial charge in [-0.05, 0) is 81.3 Å². The van der Waals surface area contributed by atoms with Gasteiger partial charge in [0.1, 0.15) is 5.75 Å². The lowest BCUT2D eigenvalue weighted by Crippen LogP contribution is -2.30. The smallest absolute Gasteiger partial charge is 0.265 e. The second kappa shape index (κ2) is 9.27. The molecule has 0 saturated carbocycles. The lowest BCUT2D eigenvalue weighted by atomic mass is 10.1. The van der Waals surface area contributed by atoms with Crippen LogP contribution in [0.15, 0.2) is 66.7 Å². The largest absolute Gasteiger partial charge is 0.481 e. The lowest BCUT2D eigenvalue weighted by molar-refractivity contribution is -0.122. The zero-order valence-electron chi connectivity index (χ0n) is 17.7. The van der Waals surface area contributed by atoms with Crippen LogP contribution in [0, 0.1) is 20.8 Å². The fourth-order valence-corrected chi connectivity index (χ4v) is 2.95. The molecule has 0 aliphatic heterocycles. The minimum absolute atomic E-state index is 0.175. The molecule has 154 valence electrons. The lowest BCUT2D eigenvalue weighted by Gasteiger charge is -2.17. The Kier molecular flexibility index (Phi) is 6.52. The van der Waals surface area contributed by atoms with Gasteiger partial charge in [0.2, 0.25) is 0 Å². The summed E-state index contributed by atoms with van der Waals surface area (Å²) in [6.45, 7) is 7.59. The minimum Gasteiger partial charge on any atom is -0.481 e. The van der Waals surface area contributed by atoms with E-state index in [4.69, 9.17) is 4.74 Å². The number of carbonyl (C=O) groups is 2. The van der Waals surface area contributed by atoms with E-state index in [9.17, 15) is 9.59 Å². The number of anilines is 2. The highest BCUT2D eigenvalue weighted by atomic mass is 16.5. The highest BCUT2D eigenvalue weighted by Gasteiger charge is 2.16. The Morgan fingerprint density at radius 2 is 1.43 bits per heavy atom. The van der Waals surface area contributed by atoms with E-state index in [1.54, 1.807) is 37.3 Å². The zero-order chi connectivity index (χ0) is 21.7. The average molecular weight is 402 g/mol. The van der Waals surface area contributed by atoms with Crippen LogP contribution in [0.1, 0.15) is 34.0 Å². The summed E-state index contributed by atoms with van der Waals surface area (Å²) in [5.74, 6) is 0.283. The first-order chi connectivity index (χ1) is 14.3. The molecule has 2 N–H and O–H groups in total. The molecule has 0 spiro atoms. The third kappa shape index (κ3) is 5.47. The van der Waals surface area contributed by atoms with Crippen molar-refractivity contribution in [1.82, 2.24) is 0 Å². The summed E-state index contributed by atoms with van der Waals surface area (Å²) in [4.78, 5) is 24.8. The van der Waals surface area contributed by atoms with Crippen LogP contribution in [0.2, 0.25) is 0 Å². The Morgan fingerprint density at radius 3 is 2.10 bits per heavy atom. The molecule has 0 aromatic heterocycles. The maximum absolute atomic E-state index is 12.5. The van der Waals surface area contributed by atoms with Crippen molar-refractivity contribution in [2.45, 2.75) is 33.8 Å². The minimum atomic E-state index is -0.647. The van der Waals surface area contributed by atoms with Gasteiger partial charge in [-0.2, -0.15) is 0 Å². The molecule has 0 aliphatic rings. The Balaban J connectivity index is 1.58. The number of amides is 2. The molecule has 2 amide bonds. The van der Waals surface area contributed by atoms with Crippen LogP contribution >= 0.6 is 0 Å². The van der Waals surface area contributed by atoms with Gasteiger partial charge in [0.15, 0.2) is 6.10 Å². The quantitative estimate of drug-likeness (QED) is 0.590. The number of nitrogens with one attached hydrogen (secondary N) is 2. The van der Waals surface area contributed by atoms with E-state index in [-0.39, 0.29) is 11.8 Å². The second-order valence-electron chi connectivity index (χ2n) is 7.42. The molecule has 0 bridgehead atoms. The Morgan fingerprint density at radius 1 is 0.800 bits per heavy atom. The molecule has 5 heteroatoms. The van der Waals surface area contributed by atoms with Crippen molar-refractivity contribution in [1.29, 1.82) is 0 Å². The van der Waals surface area contributed by atoms with Crippen LogP contribution in [-0.4, -0.2) is 17.9 Å². The van der Waals surface area contributed by atoms with Crippen LogP contribution in [0.5, 0.6) is 5.75 Å². The van der Waals surface area contributed by atoms with Gasteiger partial charge in [-0.25, -0.2) is 0 Å². The fourth-order valence-electron chi connectivity index (χ4n) is 2.95. The van der Waals surface area contributed by atoms with Crippen molar-refractivity contribution in [3.05, 3.63) is 89.0 Å². The summed E-state index contributed by atoms with van der Waals surface area (Å²) in [6, 6.07) is 20.3. The predicted molar refractivity (Wildman–Crippen MR) is 120 cm³/mol. The van der Waals surface area contributed by atoms with Crippen molar-refractivity contribution in [2.24, 2.45) is 0 Å². The molecule has 3 rings (SSSR count). The third-order valence-corrected chi connectivity index (χ3v) is 4.71. The number of rotatable bonds is 6. The van der Waals surface area contributed by atoms with Crippen LogP contribution in [-0.2, 0) is 4.79 Å². The standard InChI is InChI=1S/C25H26N2O3/c1-16-6-5-7-20(14-16)25(29)27-22-12-10-21(11-13-22)26-24(28)19(4)30-23-15-17(2)8-9-18(23)3/h5-15,19H,1-4H3,(H,26,28)(H,27,29). The molecule has 1 atom stereocenters. The number of hydrogen-bond acceptors (Lipinski definition) is 3.